The summed E-state index contributed by atoms with van der Waals surface area (Å²) >= 11 is 7.50. The molecule has 15 heteroatoms. The Labute approximate surface area is 225 Å². The number of aryl methyl sites for hydroxylation is 1. The molecule has 0 saturated heterocycles. The number of halogens is 5. The third kappa shape index (κ3) is 5.23. The largest absolute Gasteiger partial charge is 0.490 e. The quantitative estimate of drug-likeness (QED) is 0.348. The molecule has 2 atom stereocenters. The molecule has 0 amide bonds. The van der Waals surface area contributed by atoms with Crippen LogP contribution in [0.4, 0.5) is 17.6 Å². The van der Waals surface area contributed by atoms with Crippen molar-refractivity contribution in [3.05, 3.63) is 79.7 Å². The standard InChI is InChI=1S/C22H19ClFN3O4S.C2HF3O2/c1-25-18-16(21(29)26(2)22(25)30)17(11-4-3-5-12(24)8-11)27-9-13(10-28)32-20(19(18)27)14-6-7-15(23)31-14;3-2(4,5)1(6)7/h3-8,13,20,28H,9-10H2,1-2H3;(H,6,7). The summed E-state index contributed by atoms with van der Waals surface area (Å²) in [5.74, 6) is -2.66. The fraction of sp³-hybridized carbons (Fsp3) is 0.292. The number of aromatic nitrogens is 3. The van der Waals surface area contributed by atoms with Crippen molar-refractivity contribution >= 4 is 40.2 Å². The number of aliphatic hydroxyl groups is 1. The molecule has 0 saturated carbocycles. The van der Waals surface area contributed by atoms with E-state index in [9.17, 15) is 32.3 Å². The molecule has 2 N–H and O–H groups in total. The molecular weight excluding hydrogens is 570 g/mol. The van der Waals surface area contributed by atoms with Crippen molar-refractivity contribution in [3.8, 4) is 11.3 Å². The third-order valence-electron chi connectivity index (χ3n) is 6.06. The van der Waals surface area contributed by atoms with E-state index in [1.807, 2.05) is 4.57 Å². The number of furan rings is 1. The van der Waals surface area contributed by atoms with Gasteiger partial charge in [-0.1, -0.05) is 12.1 Å². The van der Waals surface area contributed by atoms with E-state index in [1.165, 1.54) is 35.5 Å². The van der Waals surface area contributed by atoms with Gasteiger partial charge in [0.05, 0.1) is 28.9 Å². The molecule has 0 bridgehead atoms. The van der Waals surface area contributed by atoms with E-state index in [-0.39, 0.29) is 17.1 Å². The van der Waals surface area contributed by atoms with Crippen molar-refractivity contribution in [1.82, 2.24) is 13.7 Å². The maximum Gasteiger partial charge on any atom is 0.490 e. The number of carbonyl (C=O) groups is 1. The van der Waals surface area contributed by atoms with Crippen LogP contribution < -0.4 is 11.2 Å². The minimum absolute atomic E-state index is 0.108. The summed E-state index contributed by atoms with van der Waals surface area (Å²) in [6.07, 6.45) is -5.08. The molecule has 2 unspecified atom stereocenters. The number of thioether (sulfide) groups is 1. The van der Waals surface area contributed by atoms with Crippen molar-refractivity contribution in [1.29, 1.82) is 0 Å². The van der Waals surface area contributed by atoms with E-state index < -0.39 is 34.5 Å². The fourth-order valence-corrected chi connectivity index (χ4v) is 5.89. The highest BCUT2D eigenvalue weighted by Crippen LogP contribution is 2.49. The normalized spacial score (nSPS) is 17.0. The van der Waals surface area contributed by atoms with Gasteiger partial charge in [0, 0.05) is 31.5 Å². The predicted molar refractivity (Wildman–Crippen MR) is 136 cm³/mol. The van der Waals surface area contributed by atoms with Gasteiger partial charge < -0.3 is 19.2 Å². The molecule has 208 valence electrons. The lowest BCUT2D eigenvalue weighted by Crippen LogP contribution is -2.37. The van der Waals surface area contributed by atoms with Crippen LogP contribution in [-0.4, -0.2) is 47.9 Å². The summed E-state index contributed by atoms with van der Waals surface area (Å²) < 4.78 is 56.0. The highest BCUT2D eigenvalue weighted by atomic mass is 35.5. The minimum Gasteiger partial charge on any atom is -0.475 e. The van der Waals surface area contributed by atoms with Crippen LogP contribution in [0.3, 0.4) is 0 Å². The van der Waals surface area contributed by atoms with Crippen molar-refractivity contribution in [3.63, 3.8) is 0 Å². The zero-order valence-electron chi connectivity index (χ0n) is 20.2. The second kappa shape index (κ2) is 10.6. The summed E-state index contributed by atoms with van der Waals surface area (Å²) in [4.78, 5) is 35.1. The van der Waals surface area contributed by atoms with E-state index in [0.717, 1.165) is 4.57 Å². The van der Waals surface area contributed by atoms with Gasteiger partial charge in [-0.3, -0.25) is 13.9 Å². The molecule has 4 heterocycles. The number of alkyl halides is 3. The van der Waals surface area contributed by atoms with E-state index in [4.69, 9.17) is 25.9 Å². The summed E-state index contributed by atoms with van der Waals surface area (Å²) in [6.45, 7) is 0.266. The van der Waals surface area contributed by atoms with Crippen LogP contribution in [-0.2, 0) is 25.4 Å². The first-order valence-electron chi connectivity index (χ1n) is 11.2. The summed E-state index contributed by atoms with van der Waals surface area (Å²) in [5.41, 5.74) is 1.22. The molecule has 0 radical (unpaired) electrons. The van der Waals surface area contributed by atoms with Gasteiger partial charge in [-0.15, -0.1) is 11.8 Å². The molecule has 0 spiro atoms. The van der Waals surface area contributed by atoms with Crippen molar-refractivity contribution in [2.24, 2.45) is 14.1 Å². The Kier molecular flexibility index (Phi) is 7.74. The van der Waals surface area contributed by atoms with Crippen LogP contribution in [0.1, 0.15) is 16.7 Å². The number of hydrogen-bond donors (Lipinski definition) is 2. The maximum atomic E-state index is 14.2. The average Bonchev–Trinajstić information content (AvgIpc) is 3.46. The lowest BCUT2D eigenvalue weighted by Gasteiger charge is -2.30. The Morgan fingerprint density at radius 1 is 1.18 bits per heavy atom. The molecule has 3 aromatic heterocycles. The molecule has 5 rings (SSSR count). The average molecular weight is 590 g/mol. The molecule has 39 heavy (non-hydrogen) atoms. The number of fused-ring (bicyclic) bond motifs is 3. The maximum absolute atomic E-state index is 14.2. The zero-order valence-corrected chi connectivity index (χ0v) is 21.8. The highest BCUT2D eigenvalue weighted by molar-refractivity contribution is 8.00. The Bertz CT molecular complexity index is 1690. The number of carboxylic acid groups (broad SMARTS) is 1. The first kappa shape index (κ1) is 28.5. The molecule has 1 aliphatic rings. The van der Waals surface area contributed by atoms with E-state index >= 15 is 0 Å². The Morgan fingerprint density at radius 3 is 2.38 bits per heavy atom. The van der Waals surface area contributed by atoms with E-state index in [2.05, 4.69) is 0 Å². The Hall–Kier alpha value is -3.49. The van der Waals surface area contributed by atoms with Crippen LogP contribution in [0.15, 0.2) is 50.4 Å². The van der Waals surface area contributed by atoms with Gasteiger partial charge >= 0.3 is 17.8 Å². The summed E-state index contributed by atoms with van der Waals surface area (Å²) in [6, 6.07) is 9.36. The van der Waals surface area contributed by atoms with Crippen molar-refractivity contribution in [2.75, 3.05) is 6.61 Å². The lowest BCUT2D eigenvalue weighted by molar-refractivity contribution is -0.192. The summed E-state index contributed by atoms with van der Waals surface area (Å²) in [5, 5.41) is 17.0. The lowest BCUT2D eigenvalue weighted by atomic mass is 10.1. The van der Waals surface area contributed by atoms with Gasteiger partial charge in [-0.2, -0.15) is 13.2 Å². The van der Waals surface area contributed by atoms with Gasteiger partial charge in [0.15, 0.2) is 5.22 Å². The monoisotopic (exact) mass is 589 g/mol. The molecule has 0 fully saturated rings. The minimum atomic E-state index is -5.08. The van der Waals surface area contributed by atoms with Crippen LogP contribution in [0, 0.1) is 5.82 Å². The second-order valence-corrected chi connectivity index (χ2v) is 10.3. The van der Waals surface area contributed by atoms with Crippen LogP contribution in [0.2, 0.25) is 5.22 Å². The molecule has 1 aliphatic heterocycles. The number of benzene rings is 1. The summed E-state index contributed by atoms with van der Waals surface area (Å²) in [7, 11) is 3.03. The van der Waals surface area contributed by atoms with Crippen LogP contribution in [0.5, 0.6) is 0 Å². The number of rotatable bonds is 3. The first-order chi connectivity index (χ1) is 18.3. The van der Waals surface area contributed by atoms with Gasteiger partial charge in [-0.25, -0.2) is 14.0 Å². The smallest absolute Gasteiger partial charge is 0.475 e. The van der Waals surface area contributed by atoms with Gasteiger partial charge in [0.2, 0.25) is 0 Å². The molecule has 0 aliphatic carbocycles. The molecule has 4 aromatic rings. The van der Waals surface area contributed by atoms with Crippen molar-refractivity contribution in [2.45, 2.75) is 23.2 Å². The number of hydrogen-bond acceptors (Lipinski definition) is 6. The molecule has 9 nitrogen and oxygen atoms in total. The molecular formula is C24H20ClF4N3O6S. The number of nitrogens with zero attached hydrogens (tertiary/aromatic N) is 3. The van der Waals surface area contributed by atoms with Crippen molar-refractivity contribution < 1.29 is 37.0 Å². The van der Waals surface area contributed by atoms with Gasteiger partial charge in [0.1, 0.15) is 16.8 Å². The van der Waals surface area contributed by atoms with E-state index in [1.54, 1.807) is 31.3 Å². The predicted octanol–water partition coefficient (Wildman–Crippen LogP) is 3.92. The number of aliphatic hydroxyl groups excluding tert-OH is 1. The topological polar surface area (TPSA) is 120 Å². The molecule has 1 aromatic carbocycles. The first-order valence-corrected chi connectivity index (χ1v) is 12.5. The zero-order chi connectivity index (χ0) is 28.8. The fourth-order valence-electron chi connectivity index (χ4n) is 4.41. The third-order valence-corrected chi connectivity index (χ3v) is 7.68. The van der Waals surface area contributed by atoms with Gasteiger partial charge in [-0.05, 0) is 35.9 Å². The highest BCUT2D eigenvalue weighted by Gasteiger charge is 2.39. The van der Waals surface area contributed by atoms with E-state index in [0.29, 0.717) is 40.2 Å². The van der Waals surface area contributed by atoms with Crippen LogP contribution >= 0.6 is 23.4 Å². The SMILES string of the molecule is Cn1c(=O)c2c(-c3cccc(F)c3)n3c(c2n(C)c1=O)C(c1ccc(Cl)o1)SC(CO)C3.O=C(O)C(F)(F)F. The number of carboxylic acids is 1. The van der Waals surface area contributed by atoms with Crippen LogP contribution in [0.25, 0.3) is 22.2 Å². The second-order valence-electron chi connectivity index (χ2n) is 8.55. The van der Waals surface area contributed by atoms with Gasteiger partial charge in [0.25, 0.3) is 5.56 Å². The Morgan fingerprint density at radius 2 is 1.85 bits per heavy atom. The number of aliphatic carboxylic acids is 1. The Balaban J connectivity index is 0.000000448.